The number of benzene rings is 1. The van der Waals surface area contributed by atoms with Crippen molar-refractivity contribution < 1.29 is 14.9 Å². The number of ether oxygens (including phenoxy) is 1. The molecule has 3 heteroatoms. The van der Waals surface area contributed by atoms with Gasteiger partial charge in [-0.15, -0.1) is 0 Å². The monoisotopic (exact) mass is 294 g/mol. The van der Waals surface area contributed by atoms with Crippen LogP contribution >= 0.6 is 0 Å². The summed E-state index contributed by atoms with van der Waals surface area (Å²) in [6.45, 7) is 12.8. The highest BCUT2D eigenvalue weighted by molar-refractivity contribution is 5.41. The van der Waals surface area contributed by atoms with Crippen molar-refractivity contribution >= 4 is 0 Å². The molecule has 0 heterocycles. The zero-order chi connectivity index (χ0) is 16.2. The molecule has 0 radical (unpaired) electrons. The molecule has 0 fully saturated rings. The molecule has 1 aromatic carbocycles. The Morgan fingerprint density at radius 2 is 1.76 bits per heavy atom. The van der Waals surface area contributed by atoms with Crippen molar-refractivity contribution in [1.29, 1.82) is 0 Å². The minimum absolute atomic E-state index is 0.0715. The Bertz CT molecular complexity index is 446. The molecule has 3 nitrogen and oxygen atoms in total. The van der Waals surface area contributed by atoms with E-state index < -0.39 is 12.2 Å². The molecule has 0 spiro atoms. The number of aliphatic hydroxyl groups is 2. The lowest BCUT2D eigenvalue weighted by molar-refractivity contribution is 0.0226. The summed E-state index contributed by atoms with van der Waals surface area (Å²) in [4.78, 5) is 0. The lowest BCUT2D eigenvalue weighted by Gasteiger charge is -2.25. The molecule has 1 rings (SSSR count). The van der Waals surface area contributed by atoms with E-state index in [1.54, 1.807) is 6.92 Å². The fraction of sp³-hybridized carbons (Fsp3) is 0.667. The fourth-order valence-electron chi connectivity index (χ4n) is 2.37. The third-order valence-corrected chi connectivity index (χ3v) is 3.86. The van der Waals surface area contributed by atoms with Gasteiger partial charge < -0.3 is 14.9 Å². The molecular formula is C18H30O3. The molecule has 3 atom stereocenters. The largest absolute Gasteiger partial charge is 0.494 e. The van der Waals surface area contributed by atoms with Crippen molar-refractivity contribution in [3.8, 4) is 5.75 Å². The second kappa shape index (κ2) is 7.28. The number of hydrogen-bond acceptors (Lipinski definition) is 3. The van der Waals surface area contributed by atoms with Crippen molar-refractivity contribution in [3.05, 3.63) is 29.3 Å². The van der Waals surface area contributed by atoms with Crippen LogP contribution in [0.25, 0.3) is 0 Å². The third kappa shape index (κ3) is 5.01. The summed E-state index contributed by atoms with van der Waals surface area (Å²) in [5, 5.41) is 19.4. The molecule has 0 saturated carbocycles. The van der Waals surface area contributed by atoms with Crippen LogP contribution in [-0.2, 0) is 5.41 Å². The van der Waals surface area contributed by atoms with Gasteiger partial charge in [0.2, 0.25) is 0 Å². The Balaban J connectivity index is 3.10. The molecular weight excluding hydrogens is 264 g/mol. The highest BCUT2D eigenvalue weighted by Gasteiger charge is 2.22. The van der Waals surface area contributed by atoms with Crippen LogP contribution < -0.4 is 4.74 Å². The predicted octanol–water partition coefficient (Wildman–Crippen LogP) is 3.62. The zero-order valence-electron chi connectivity index (χ0n) is 14.2. The lowest BCUT2D eigenvalue weighted by Crippen LogP contribution is -2.24. The molecule has 21 heavy (non-hydrogen) atoms. The van der Waals surface area contributed by atoms with Gasteiger partial charge in [0.15, 0.2) is 0 Å². The van der Waals surface area contributed by atoms with Gasteiger partial charge >= 0.3 is 0 Å². The summed E-state index contributed by atoms with van der Waals surface area (Å²) in [6, 6.07) is 6.29. The van der Waals surface area contributed by atoms with Crippen LogP contribution in [0, 0.1) is 0 Å². The van der Waals surface area contributed by atoms with Gasteiger partial charge in [0, 0.05) is 0 Å². The van der Waals surface area contributed by atoms with Gasteiger partial charge in [-0.1, -0.05) is 39.8 Å². The van der Waals surface area contributed by atoms with Crippen molar-refractivity contribution in [2.24, 2.45) is 0 Å². The molecule has 0 amide bonds. The minimum atomic E-state index is -0.715. The molecule has 2 N–H and O–H groups in total. The van der Waals surface area contributed by atoms with E-state index >= 15 is 0 Å². The maximum Gasteiger partial charge on any atom is 0.122 e. The fourth-order valence-corrected chi connectivity index (χ4v) is 2.37. The van der Waals surface area contributed by atoms with Crippen molar-refractivity contribution in [2.45, 2.75) is 71.5 Å². The van der Waals surface area contributed by atoms with Gasteiger partial charge in [-0.2, -0.15) is 0 Å². The maximum absolute atomic E-state index is 9.92. The summed E-state index contributed by atoms with van der Waals surface area (Å²) in [5.74, 6) is 0.995. The minimum Gasteiger partial charge on any atom is -0.494 e. The first kappa shape index (κ1) is 18.0. The van der Waals surface area contributed by atoms with Gasteiger partial charge in [0.25, 0.3) is 0 Å². The molecule has 0 aliphatic heterocycles. The lowest BCUT2D eigenvalue weighted by atomic mass is 9.83. The molecule has 0 aromatic heterocycles. The van der Waals surface area contributed by atoms with Crippen LogP contribution in [0.3, 0.4) is 0 Å². The van der Waals surface area contributed by atoms with Crippen LogP contribution in [0.1, 0.15) is 65.0 Å². The normalized spacial score (nSPS) is 16.4. The predicted molar refractivity (Wildman–Crippen MR) is 87.0 cm³/mol. The first-order valence-corrected chi connectivity index (χ1v) is 7.80. The van der Waals surface area contributed by atoms with E-state index in [2.05, 4.69) is 39.8 Å². The van der Waals surface area contributed by atoms with Crippen LogP contribution in [0.4, 0.5) is 0 Å². The van der Waals surface area contributed by atoms with Gasteiger partial charge in [0.05, 0.1) is 18.8 Å². The summed E-state index contributed by atoms with van der Waals surface area (Å²) in [6.07, 6.45) is -0.910. The van der Waals surface area contributed by atoms with Crippen molar-refractivity contribution in [3.63, 3.8) is 0 Å². The maximum atomic E-state index is 9.92. The summed E-state index contributed by atoms with van der Waals surface area (Å²) < 4.78 is 5.72. The average Bonchev–Trinajstić information content (AvgIpc) is 2.37. The molecule has 0 aliphatic rings. The SMILES string of the molecule is CCOc1ccc(C(C)(C)C)cc1C(C)CC(O)C(C)O. The van der Waals surface area contributed by atoms with E-state index in [-0.39, 0.29) is 11.3 Å². The Labute approximate surface area is 129 Å². The molecule has 1 aromatic rings. The highest BCUT2D eigenvalue weighted by atomic mass is 16.5. The Morgan fingerprint density at radius 1 is 1.14 bits per heavy atom. The van der Waals surface area contributed by atoms with Crippen LogP contribution in [-0.4, -0.2) is 29.0 Å². The molecule has 0 aliphatic carbocycles. The van der Waals surface area contributed by atoms with E-state index in [4.69, 9.17) is 4.74 Å². The number of hydrogen-bond donors (Lipinski definition) is 2. The summed E-state index contributed by atoms with van der Waals surface area (Å²) >= 11 is 0. The van der Waals surface area contributed by atoms with Gasteiger partial charge in [-0.25, -0.2) is 0 Å². The van der Waals surface area contributed by atoms with Crippen LogP contribution in [0.2, 0.25) is 0 Å². The van der Waals surface area contributed by atoms with E-state index in [1.165, 1.54) is 5.56 Å². The summed E-state index contributed by atoms with van der Waals surface area (Å²) in [7, 11) is 0. The van der Waals surface area contributed by atoms with Crippen LogP contribution in [0.15, 0.2) is 18.2 Å². The standard InChI is InChI=1S/C18H30O3/c1-7-21-17-9-8-14(18(4,5)6)11-15(17)12(2)10-16(20)13(3)19/h8-9,11-13,16,19-20H,7,10H2,1-6H3. The van der Waals surface area contributed by atoms with Crippen molar-refractivity contribution in [1.82, 2.24) is 0 Å². The highest BCUT2D eigenvalue weighted by Crippen LogP contribution is 2.34. The topological polar surface area (TPSA) is 49.7 Å². The molecule has 0 saturated heterocycles. The molecule has 0 bridgehead atoms. The van der Waals surface area contributed by atoms with Crippen LogP contribution in [0.5, 0.6) is 5.75 Å². The molecule has 3 unspecified atom stereocenters. The van der Waals surface area contributed by atoms with E-state index in [0.29, 0.717) is 13.0 Å². The third-order valence-electron chi connectivity index (χ3n) is 3.86. The molecule has 120 valence electrons. The second-order valence-corrected chi connectivity index (χ2v) is 6.88. The van der Waals surface area contributed by atoms with E-state index in [1.807, 2.05) is 13.0 Å². The second-order valence-electron chi connectivity index (χ2n) is 6.88. The van der Waals surface area contributed by atoms with Gasteiger partial charge in [-0.3, -0.25) is 0 Å². The quantitative estimate of drug-likeness (QED) is 0.842. The zero-order valence-corrected chi connectivity index (χ0v) is 14.2. The Morgan fingerprint density at radius 3 is 2.24 bits per heavy atom. The van der Waals surface area contributed by atoms with Gasteiger partial charge in [0.1, 0.15) is 5.75 Å². The number of aliphatic hydroxyl groups excluding tert-OH is 2. The number of rotatable bonds is 6. The first-order chi connectivity index (χ1) is 9.66. The smallest absolute Gasteiger partial charge is 0.122 e. The van der Waals surface area contributed by atoms with E-state index in [0.717, 1.165) is 11.3 Å². The van der Waals surface area contributed by atoms with Crippen molar-refractivity contribution in [2.75, 3.05) is 6.61 Å². The Kier molecular flexibility index (Phi) is 6.24. The summed E-state index contributed by atoms with van der Waals surface area (Å²) in [5.41, 5.74) is 2.42. The Hall–Kier alpha value is -1.06. The van der Waals surface area contributed by atoms with Gasteiger partial charge in [-0.05, 0) is 48.8 Å². The first-order valence-electron chi connectivity index (χ1n) is 7.80. The average molecular weight is 294 g/mol. The van der Waals surface area contributed by atoms with E-state index in [9.17, 15) is 10.2 Å².